The van der Waals surface area contributed by atoms with E-state index in [1.165, 1.54) is 18.5 Å². The average Bonchev–Trinajstić information content (AvgIpc) is 2.32. The monoisotopic (exact) mass is 236 g/mol. The molecule has 1 amide bonds. The third kappa shape index (κ3) is 2.55. The smallest absolute Gasteiger partial charge is 0.255 e. The highest BCUT2D eigenvalue weighted by molar-refractivity contribution is 5.94. The maximum Gasteiger partial charge on any atom is 0.255 e. The molecule has 0 aromatic carbocycles. The van der Waals surface area contributed by atoms with Crippen LogP contribution in [0.4, 0.5) is 0 Å². The molecule has 2 heterocycles. The molecule has 2 unspecified atom stereocenters. The van der Waals surface area contributed by atoms with Crippen molar-refractivity contribution >= 4 is 5.91 Å². The Morgan fingerprint density at radius 3 is 2.94 bits per heavy atom. The largest absolute Gasteiger partial charge is 0.506 e. The van der Waals surface area contributed by atoms with E-state index >= 15 is 0 Å². The van der Waals surface area contributed by atoms with Gasteiger partial charge >= 0.3 is 0 Å². The molecule has 1 saturated heterocycles. The number of aliphatic hydroxyl groups excluding tert-OH is 1. The Kier molecular flexibility index (Phi) is 3.28. The molecule has 1 aromatic heterocycles. The fourth-order valence-corrected chi connectivity index (χ4v) is 1.96. The van der Waals surface area contributed by atoms with E-state index in [1.54, 1.807) is 4.90 Å². The lowest BCUT2D eigenvalue weighted by Gasteiger charge is -2.34. The van der Waals surface area contributed by atoms with Crippen molar-refractivity contribution in [3.63, 3.8) is 0 Å². The molecule has 5 heteroatoms. The average molecular weight is 236 g/mol. The van der Waals surface area contributed by atoms with Gasteiger partial charge in [0.2, 0.25) is 0 Å². The first kappa shape index (κ1) is 11.9. The Morgan fingerprint density at radius 1 is 1.53 bits per heavy atom. The highest BCUT2D eigenvalue weighted by atomic mass is 16.3. The lowest BCUT2D eigenvalue weighted by molar-refractivity contribution is 0.0248. The summed E-state index contributed by atoms with van der Waals surface area (Å²) in [6, 6.07) is 1.39. The number of hydrogen-bond acceptors (Lipinski definition) is 4. The van der Waals surface area contributed by atoms with Gasteiger partial charge in [0.25, 0.3) is 5.91 Å². The van der Waals surface area contributed by atoms with Crippen LogP contribution in [0.1, 0.15) is 23.7 Å². The Bertz CT molecular complexity index is 422. The van der Waals surface area contributed by atoms with E-state index in [-0.39, 0.29) is 17.6 Å². The third-order valence-electron chi connectivity index (χ3n) is 3.18. The van der Waals surface area contributed by atoms with Crippen molar-refractivity contribution < 1.29 is 15.0 Å². The van der Waals surface area contributed by atoms with Crippen LogP contribution in [0.2, 0.25) is 0 Å². The van der Waals surface area contributed by atoms with Gasteiger partial charge in [0.15, 0.2) is 0 Å². The maximum atomic E-state index is 12.1. The minimum atomic E-state index is -0.474. The molecule has 17 heavy (non-hydrogen) atoms. The second-order valence-electron chi connectivity index (χ2n) is 4.52. The van der Waals surface area contributed by atoms with Gasteiger partial charge in [0, 0.05) is 19.3 Å². The highest BCUT2D eigenvalue weighted by Gasteiger charge is 2.27. The maximum absolute atomic E-state index is 12.1. The zero-order valence-electron chi connectivity index (χ0n) is 9.71. The summed E-state index contributed by atoms with van der Waals surface area (Å²) in [5, 5.41) is 19.0. The number of carbonyl (C=O) groups excluding carboxylic acids is 1. The molecule has 92 valence electrons. The van der Waals surface area contributed by atoms with Crippen LogP contribution in [0, 0.1) is 5.92 Å². The van der Waals surface area contributed by atoms with E-state index in [2.05, 4.69) is 4.98 Å². The molecule has 1 aliphatic rings. The SMILES string of the molecule is CC1CCN(C(=O)c2cncc(O)c2)CC1O. The van der Waals surface area contributed by atoms with Gasteiger partial charge in [-0.15, -0.1) is 0 Å². The second-order valence-corrected chi connectivity index (χ2v) is 4.52. The van der Waals surface area contributed by atoms with Crippen molar-refractivity contribution in [1.29, 1.82) is 0 Å². The molecule has 1 aromatic rings. The summed E-state index contributed by atoms with van der Waals surface area (Å²) in [5.74, 6) is 0.00229. The molecule has 2 rings (SSSR count). The minimum Gasteiger partial charge on any atom is -0.506 e. The van der Waals surface area contributed by atoms with Crippen LogP contribution in [0.25, 0.3) is 0 Å². The van der Waals surface area contributed by atoms with Gasteiger partial charge in [0.1, 0.15) is 5.75 Å². The van der Waals surface area contributed by atoms with Crippen LogP contribution >= 0.6 is 0 Å². The molecule has 2 atom stereocenters. The molecular weight excluding hydrogens is 220 g/mol. The third-order valence-corrected chi connectivity index (χ3v) is 3.18. The molecule has 0 saturated carbocycles. The van der Waals surface area contributed by atoms with Crippen LogP contribution in [0.5, 0.6) is 5.75 Å². The summed E-state index contributed by atoms with van der Waals surface area (Å²) in [6.07, 6.45) is 3.02. The zero-order chi connectivity index (χ0) is 12.4. The molecule has 1 aliphatic heterocycles. The van der Waals surface area contributed by atoms with Crippen molar-refractivity contribution in [2.45, 2.75) is 19.4 Å². The van der Waals surface area contributed by atoms with E-state index in [0.29, 0.717) is 18.7 Å². The van der Waals surface area contributed by atoms with Crippen LogP contribution < -0.4 is 0 Å². The predicted molar refractivity (Wildman–Crippen MR) is 61.6 cm³/mol. The summed E-state index contributed by atoms with van der Waals surface area (Å²) in [6.45, 7) is 2.95. The fraction of sp³-hybridized carbons (Fsp3) is 0.500. The number of aliphatic hydroxyl groups is 1. The lowest BCUT2D eigenvalue weighted by Crippen LogP contribution is -2.45. The van der Waals surface area contributed by atoms with Gasteiger partial charge in [-0.1, -0.05) is 6.92 Å². The van der Waals surface area contributed by atoms with Gasteiger partial charge in [-0.05, 0) is 18.4 Å². The summed E-state index contributed by atoms with van der Waals surface area (Å²) in [4.78, 5) is 17.4. The lowest BCUT2D eigenvalue weighted by atomic mass is 9.95. The Labute approximate surface area is 99.7 Å². The van der Waals surface area contributed by atoms with Gasteiger partial charge in [-0.25, -0.2) is 0 Å². The first-order valence-corrected chi connectivity index (χ1v) is 5.69. The molecule has 0 bridgehead atoms. The Hall–Kier alpha value is -1.62. The summed E-state index contributed by atoms with van der Waals surface area (Å²) >= 11 is 0. The fourth-order valence-electron chi connectivity index (χ4n) is 1.96. The van der Waals surface area contributed by atoms with Crippen LogP contribution in [-0.4, -0.2) is 45.2 Å². The number of β-amino-alcohol motifs (C(OH)–C–C–N with tert-alkyl or cyclic N) is 1. The van der Waals surface area contributed by atoms with Crippen LogP contribution in [0.15, 0.2) is 18.5 Å². The number of likely N-dealkylation sites (tertiary alicyclic amines) is 1. The van der Waals surface area contributed by atoms with Crippen molar-refractivity contribution in [2.75, 3.05) is 13.1 Å². The number of nitrogens with zero attached hydrogens (tertiary/aromatic N) is 2. The number of rotatable bonds is 1. The summed E-state index contributed by atoms with van der Waals surface area (Å²) < 4.78 is 0. The molecule has 2 N–H and O–H groups in total. The van der Waals surface area contributed by atoms with Crippen molar-refractivity contribution in [3.05, 3.63) is 24.0 Å². The van der Waals surface area contributed by atoms with Gasteiger partial charge < -0.3 is 15.1 Å². The summed E-state index contributed by atoms with van der Waals surface area (Å²) in [7, 11) is 0. The molecule has 5 nitrogen and oxygen atoms in total. The molecule has 0 radical (unpaired) electrons. The number of pyridine rings is 1. The molecular formula is C12H16N2O3. The first-order valence-electron chi connectivity index (χ1n) is 5.69. The van der Waals surface area contributed by atoms with E-state index in [0.717, 1.165) is 6.42 Å². The standard InChI is InChI=1S/C12H16N2O3/c1-8-2-3-14(7-11(8)16)12(17)9-4-10(15)6-13-5-9/h4-6,8,11,15-16H,2-3,7H2,1H3. The van der Waals surface area contributed by atoms with Crippen LogP contribution in [0.3, 0.4) is 0 Å². The van der Waals surface area contributed by atoms with Gasteiger partial charge in [0.05, 0.1) is 17.9 Å². The van der Waals surface area contributed by atoms with Crippen molar-refractivity contribution in [3.8, 4) is 5.75 Å². The number of aromatic nitrogens is 1. The van der Waals surface area contributed by atoms with Crippen molar-refractivity contribution in [1.82, 2.24) is 9.88 Å². The number of piperidine rings is 1. The van der Waals surface area contributed by atoms with E-state index in [4.69, 9.17) is 0 Å². The van der Waals surface area contributed by atoms with Gasteiger partial charge in [-0.3, -0.25) is 9.78 Å². The predicted octanol–water partition coefficient (Wildman–Crippen LogP) is 0.630. The quantitative estimate of drug-likeness (QED) is 0.750. The minimum absolute atomic E-state index is 0.0261. The topological polar surface area (TPSA) is 73.7 Å². The normalized spacial score (nSPS) is 24.7. The molecule has 1 fully saturated rings. The second kappa shape index (κ2) is 4.71. The zero-order valence-corrected chi connectivity index (χ0v) is 9.71. The number of amides is 1. The Balaban J connectivity index is 2.10. The number of aromatic hydroxyl groups is 1. The first-order chi connectivity index (χ1) is 8.08. The van der Waals surface area contributed by atoms with Crippen LogP contribution in [-0.2, 0) is 0 Å². The number of hydrogen-bond donors (Lipinski definition) is 2. The van der Waals surface area contributed by atoms with E-state index < -0.39 is 6.10 Å². The van der Waals surface area contributed by atoms with Gasteiger partial charge in [-0.2, -0.15) is 0 Å². The Morgan fingerprint density at radius 2 is 2.29 bits per heavy atom. The van der Waals surface area contributed by atoms with E-state index in [9.17, 15) is 15.0 Å². The summed E-state index contributed by atoms with van der Waals surface area (Å²) in [5.41, 5.74) is 0.353. The number of carbonyl (C=O) groups is 1. The van der Waals surface area contributed by atoms with Crippen molar-refractivity contribution in [2.24, 2.45) is 5.92 Å². The molecule has 0 aliphatic carbocycles. The molecule has 0 spiro atoms. The van der Waals surface area contributed by atoms with E-state index in [1.807, 2.05) is 6.92 Å². The highest BCUT2D eigenvalue weighted by Crippen LogP contribution is 2.19.